The van der Waals surface area contributed by atoms with Crippen LogP contribution >= 0.6 is 0 Å². The summed E-state index contributed by atoms with van der Waals surface area (Å²) in [5.41, 5.74) is -1.01. The molecule has 0 spiro atoms. The third kappa shape index (κ3) is 3.27. The number of carbonyl (C=O) groups is 1. The van der Waals surface area contributed by atoms with Gasteiger partial charge in [0, 0.05) is 12.6 Å². The molecule has 3 unspecified atom stereocenters. The zero-order valence-corrected chi connectivity index (χ0v) is 13.0. The van der Waals surface area contributed by atoms with E-state index in [4.69, 9.17) is 0 Å². The molecular formula is C17H19F4NO2. The zero-order valence-electron chi connectivity index (χ0n) is 13.0. The van der Waals surface area contributed by atoms with Gasteiger partial charge in [0.05, 0.1) is 5.56 Å². The molecule has 0 bridgehead atoms. The normalized spacial score (nSPS) is 27.9. The van der Waals surface area contributed by atoms with Crippen molar-refractivity contribution in [3.8, 4) is 0 Å². The largest absolute Gasteiger partial charge is 0.480 e. The Bertz CT molecular complexity index is 632. The predicted molar refractivity (Wildman–Crippen MR) is 78.7 cm³/mol. The highest BCUT2D eigenvalue weighted by molar-refractivity contribution is 5.74. The standard InChI is InChI=1S/C17H19F4NO2/c18-13-6-5-10(7-12(13)17(19,20)21)9-22-14-4-2-1-3-11(14)8-15(22)16(23)24/h5-7,11,14-15H,1-4,8-9H2,(H,23,24). The van der Waals surface area contributed by atoms with Crippen LogP contribution in [0.4, 0.5) is 17.6 Å². The van der Waals surface area contributed by atoms with Gasteiger partial charge < -0.3 is 5.11 Å². The monoisotopic (exact) mass is 345 g/mol. The predicted octanol–water partition coefficient (Wildman–Crippen LogP) is 4.06. The third-order valence-corrected chi connectivity index (χ3v) is 5.21. The average molecular weight is 345 g/mol. The lowest BCUT2D eigenvalue weighted by atomic mass is 9.84. The van der Waals surface area contributed by atoms with Crippen LogP contribution in [0.25, 0.3) is 0 Å². The van der Waals surface area contributed by atoms with E-state index in [0.717, 1.165) is 37.8 Å². The van der Waals surface area contributed by atoms with Gasteiger partial charge in [-0.3, -0.25) is 9.69 Å². The van der Waals surface area contributed by atoms with Crippen LogP contribution in [0, 0.1) is 11.7 Å². The topological polar surface area (TPSA) is 40.5 Å². The lowest BCUT2D eigenvalue weighted by molar-refractivity contribution is -0.143. The molecule has 1 aliphatic heterocycles. The first-order valence-corrected chi connectivity index (χ1v) is 8.11. The molecule has 132 valence electrons. The minimum absolute atomic E-state index is 0.0826. The van der Waals surface area contributed by atoms with Crippen molar-refractivity contribution in [2.75, 3.05) is 0 Å². The highest BCUT2D eigenvalue weighted by Gasteiger charge is 2.45. The molecule has 1 aromatic carbocycles. The van der Waals surface area contributed by atoms with Crippen molar-refractivity contribution in [1.82, 2.24) is 4.90 Å². The maximum Gasteiger partial charge on any atom is 0.419 e. The molecule has 1 heterocycles. The van der Waals surface area contributed by atoms with Gasteiger partial charge in [-0.2, -0.15) is 13.2 Å². The van der Waals surface area contributed by atoms with Crippen molar-refractivity contribution in [3.63, 3.8) is 0 Å². The van der Waals surface area contributed by atoms with Crippen LogP contribution in [0.5, 0.6) is 0 Å². The molecule has 1 N–H and O–H groups in total. The summed E-state index contributed by atoms with van der Waals surface area (Å²) in [5.74, 6) is -1.97. The van der Waals surface area contributed by atoms with Crippen LogP contribution in [0.2, 0.25) is 0 Å². The van der Waals surface area contributed by atoms with Gasteiger partial charge in [0.1, 0.15) is 11.9 Å². The Morgan fingerprint density at radius 2 is 1.96 bits per heavy atom. The van der Waals surface area contributed by atoms with Gasteiger partial charge in [-0.15, -0.1) is 0 Å². The molecular weight excluding hydrogens is 326 g/mol. The molecule has 1 aliphatic carbocycles. The first-order valence-electron chi connectivity index (χ1n) is 8.11. The van der Waals surface area contributed by atoms with E-state index in [-0.39, 0.29) is 18.5 Å². The van der Waals surface area contributed by atoms with E-state index in [1.54, 1.807) is 4.90 Å². The Kier molecular flexibility index (Phi) is 4.55. The molecule has 2 fully saturated rings. The Morgan fingerprint density at radius 3 is 2.62 bits per heavy atom. The smallest absolute Gasteiger partial charge is 0.419 e. The fourth-order valence-electron chi connectivity index (χ4n) is 4.12. The van der Waals surface area contributed by atoms with Crippen molar-refractivity contribution in [3.05, 3.63) is 35.1 Å². The zero-order chi connectivity index (χ0) is 17.5. The second kappa shape index (κ2) is 6.35. The number of benzene rings is 1. The Balaban J connectivity index is 1.87. The van der Waals surface area contributed by atoms with Crippen LogP contribution in [0.1, 0.15) is 43.2 Å². The quantitative estimate of drug-likeness (QED) is 0.840. The van der Waals surface area contributed by atoms with E-state index in [2.05, 4.69) is 0 Å². The molecule has 24 heavy (non-hydrogen) atoms. The van der Waals surface area contributed by atoms with E-state index in [1.807, 2.05) is 0 Å². The van der Waals surface area contributed by atoms with Crippen LogP contribution in [0.15, 0.2) is 18.2 Å². The lowest BCUT2D eigenvalue weighted by Crippen LogP contribution is -2.41. The number of carboxylic acids is 1. The van der Waals surface area contributed by atoms with Gasteiger partial charge >= 0.3 is 12.1 Å². The summed E-state index contributed by atoms with van der Waals surface area (Å²) in [4.78, 5) is 13.3. The minimum atomic E-state index is -4.76. The number of carboxylic acid groups (broad SMARTS) is 1. The minimum Gasteiger partial charge on any atom is -0.480 e. The average Bonchev–Trinajstić information content (AvgIpc) is 2.87. The number of aliphatic carboxylic acids is 1. The van der Waals surface area contributed by atoms with Crippen LogP contribution in [-0.4, -0.2) is 28.1 Å². The molecule has 3 atom stereocenters. The number of halogens is 4. The van der Waals surface area contributed by atoms with Gasteiger partial charge in [-0.1, -0.05) is 18.9 Å². The molecule has 3 nitrogen and oxygen atoms in total. The number of fused-ring (bicyclic) bond motifs is 1. The second-order valence-electron chi connectivity index (χ2n) is 6.69. The van der Waals surface area contributed by atoms with Crippen molar-refractivity contribution in [2.45, 2.75) is 56.9 Å². The summed E-state index contributed by atoms with van der Waals surface area (Å²) in [6.45, 7) is 0.0987. The van der Waals surface area contributed by atoms with Gasteiger partial charge in [-0.05, 0) is 42.9 Å². The van der Waals surface area contributed by atoms with Crippen molar-refractivity contribution in [2.24, 2.45) is 5.92 Å². The molecule has 1 saturated carbocycles. The van der Waals surface area contributed by atoms with Gasteiger partial charge in [-0.25, -0.2) is 4.39 Å². The Morgan fingerprint density at radius 1 is 1.25 bits per heavy atom. The SMILES string of the molecule is O=C(O)C1CC2CCCCC2N1Cc1ccc(F)c(C(F)(F)F)c1. The first-order chi connectivity index (χ1) is 11.3. The molecule has 1 saturated heterocycles. The summed E-state index contributed by atoms with van der Waals surface area (Å²) in [6.07, 6.45) is -0.334. The molecule has 1 aromatic rings. The van der Waals surface area contributed by atoms with E-state index in [0.29, 0.717) is 12.0 Å². The van der Waals surface area contributed by atoms with Gasteiger partial charge in [0.2, 0.25) is 0 Å². The van der Waals surface area contributed by atoms with E-state index >= 15 is 0 Å². The van der Waals surface area contributed by atoms with Crippen LogP contribution in [-0.2, 0) is 17.5 Å². The van der Waals surface area contributed by atoms with Crippen LogP contribution < -0.4 is 0 Å². The summed E-state index contributed by atoms with van der Waals surface area (Å²) in [7, 11) is 0. The highest BCUT2D eigenvalue weighted by Crippen LogP contribution is 2.41. The maximum absolute atomic E-state index is 13.4. The molecule has 2 aliphatic rings. The second-order valence-corrected chi connectivity index (χ2v) is 6.69. The number of likely N-dealkylation sites (tertiary alicyclic amines) is 1. The van der Waals surface area contributed by atoms with E-state index in [9.17, 15) is 27.5 Å². The fraction of sp³-hybridized carbons (Fsp3) is 0.588. The number of nitrogens with zero attached hydrogens (tertiary/aromatic N) is 1. The van der Waals surface area contributed by atoms with E-state index < -0.39 is 29.6 Å². The number of hydrogen-bond acceptors (Lipinski definition) is 2. The Hall–Kier alpha value is -1.63. The van der Waals surface area contributed by atoms with E-state index in [1.165, 1.54) is 6.07 Å². The van der Waals surface area contributed by atoms with Crippen molar-refractivity contribution < 1.29 is 27.5 Å². The van der Waals surface area contributed by atoms with Gasteiger partial charge in [0.15, 0.2) is 0 Å². The Labute approximate surface area is 137 Å². The molecule has 0 aromatic heterocycles. The van der Waals surface area contributed by atoms with Gasteiger partial charge in [0.25, 0.3) is 0 Å². The number of rotatable bonds is 3. The molecule has 7 heteroatoms. The molecule has 0 amide bonds. The maximum atomic E-state index is 13.4. The first kappa shape index (κ1) is 17.2. The lowest BCUT2D eigenvalue weighted by Gasteiger charge is -2.33. The highest BCUT2D eigenvalue weighted by atomic mass is 19.4. The number of alkyl halides is 3. The fourth-order valence-corrected chi connectivity index (χ4v) is 4.12. The summed E-state index contributed by atoms with van der Waals surface area (Å²) in [6, 6.07) is 2.31. The summed E-state index contributed by atoms with van der Waals surface area (Å²) < 4.78 is 52.0. The molecule has 0 radical (unpaired) electrons. The molecule has 3 rings (SSSR count). The summed E-state index contributed by atoms with van der Waals surface area (Å²) >= 11 is 0. The number of hydrogen-bond donors (Lipinski definition) is 1. The van der Waals surface area contributed by atoms with Crippen molar-refractivity contribution >= 4 is 5.97 Å². The summed E-state index contributed by atoms with van der Waals surface area (Å²) in [5, 5.41) is 9.45. The van der Waals surface area contributed by atoms with Crippen molar-refractivity contribution in [1.29, 1.82) is 0 Å². The third-order valence-electron chi connectivity index (χ3n) is 5.21. The van der Waals surface area contributed by atoms with Crippen LogP contribution in [0.3, 0.4) is 0 Å².